The van der Waals surface area contributed by atoms with Crippen molar-refractivity contribution in [2.45, 2.75) is 26.7 Å². The summed E-state index contributed by atoms with van der Waals surface area (Å²) in [4.78, 5) is 29.6. The van der Waals surface area contributed by atoms with E-state index >= 15 is 0 Å². The van der Waals surface area contributed by atoms with E-state index in [0.717, 1.165) is 32.5 Å². The molecule has 1 amide bonds. The van der Waals surface area contributed by atoms with E-state index in [2.05, 4.69) is 29.0 Å². The number of piperidine rings is 1. The van der Waals surface area contributed by atoms with Crippen LogP contribution in [0.15, 0.2) is 29.1 Å². The molecule has 5 nitrogen and oxygen atoms in total. The largest absolute Gasteiger partial charge is 0.352 e. The van der Waals surface area contributed by atoms with Crippen LogP contribution in [-0.4, -0.2) is 42.0 Å². The lowest BCUT2D eigenvalue weighted by Crippen LogP contribution is -2.40. The number of nitrogens with one attached hydrogen (secondary N) is 2. The molecule has 0 unspecified atom stereocenters. The number of likely N-dealkylation sites (tertiary alicyclic amines) is 1. The maximum absolute atomic E-state index is 13.2. The Kier molecular flexibility index (Phi) is 5.71. The third-order valence-electron chi connectivity index (χ3n) is 4.93. The van der Waals surface area contributed by atoms with Gasteiger partial charge >= 0.3 is 0 Å². The first kappa shape index (κ1) is 18.6. The molecule has 0 atom stereocenters. The first-order valence-electron chi connectivity index (χ1n) is 9.25. The number of aromatic nitrogens is 1. The van der Waals surface area contributed by atoms with Gasteiger partial charge < -0.3 is 15.2 Å². The van der Waals surface area contributed by atoms with Crippen LogP contribution in [0.25, 0.3) is 10.9 Å². The lowest BCUT2D eigenvalue weighted by Gasteiger charge is -2.33. The lowest BCUT2D eigenvalue weighted by molar-refractivity contribution is 0.0933. The van der Waals surface area contributed by atoms with Crippen LogP contribution < -0.4 is 10.9 Å². The SMILES string of the molecule is CC(C)CN1CCC(CNC(=O)c2cc3ccc(F)cc3[nH]c2=O)CC1. The van der Waals surface area contributed by atoms with Crippen molar-refractivity contribution in [2.24, 2.45) is 11.8 Å². The van der Waals surface area contributed by atoms with Crippen LogP contribution in [-0.2, 0) is 0 Å². The second kappa shape index (κ2) is 7.99. The first-order valence-corrected chi connectivity index (χ1v) is 9.25. The number of carbonyl (C=O) groups is 1. The van der Waals surface area contributed by atoms with Crippen molar-refractivity contribution >= 4 is 16.8 Å². The van der Waals surface area contributed by atoms with Crippen molar-refractivity contribution in [1.29, 1.82) is 0 Å². The van der Waals surface area contributed by atoms with E-state index in [-0.39, 0.29) is 11.5 Å². The molecule has 0 radical (unpaired) electrons. The molecule has 1 aliphatic heterocycles. The van der Waals surface area contributed by atoms with Gasteiger partial charge in [0.05, 0.1) is 5.52 Å². The van der Waals surface area contributed by atoms with E-state index in [4.69, 9.17) is 0 Å². The number of nitrogens with zero attached hydrogens (tertiary/aromatic N) is 1. The second-order valence-corrected chi connectivity index (χ2v) is 7.59. The minimum atomic E-state index is -0.493. The molecule has 1 fully saturated rings. The summed E-state index contributed by atoms with van der Waals surface area (Å²) in [5, 5.41) is 3.53. The summed E-state index contributed by atoms with van der Waals surface area (Å²) in [5.41, 5.74) is -0.0298. The topological polar surface area (TPSA) is 65.2 Å². The highest BCUT2D eigenvalue weighted by molar-refractivity contribution is 5.97. The van der Waals surface area contributed by atoms with E-state index in [1.54, 1.807) is 6.07 Å². The molecule has 2 aromatic rings. The zero-order chi connectivity index (χ0) is 18.7. The summed E-state index contributed by atoms with van der Waals surface area (Å²) in [6.07, 6.45) is 2.11. The molecule has 140 valence electrons. The summed E-state index contributed by atoms with van der Waals surface area (Å²) in [5.74, 6) is 0.312. The molecule has 1 aromatic heterocycles. The zero-order valence-electron chi connectivity index (χ0n) is 15.3. The lowest BCUT2D eigenvalue weighted by atomic mass is 9.96. The van der Waals surface area contributed by atoms with Crippen molar-refractivity contribution in [3.8, 4) is 0 Å². The Morgan fingerprint density at radius 3 is 2.73 bits per heavy atom. The third-order valence-corrected chi connectivity index (χ3v) is 4.93. The Labute approximate surface area is 152 Å². The summed E-state index contributed by atoms with van der Waals surface area (Å²) >= 11 is 0. The zero-order valence-corrected chi connectivity index (χ0v) is 15.3. The van der Waals surface area contributed by atoms with Gasteiger partial charge in [-0.15, -0.1) is 0 Å². The Morgan fingerprint density at radius 1 is 1.31 bits per heavy atom. The highest BCUT2D eigenvalue weighted by Gasteiger charge is 2.21. The van der Waals surface area contributed by atoms with Crippen molar-refractivity contribution in [1.82, 2.24) is 15.2 Å². The number of amides is 1. The summed E-state index contributed by atoms with van der Waals surface area (Å²) in [7, 11) is 0. The molecule has 26 heavy (non-hydrogen) atoms. The van der Waals surface area contributed by atoms with E-state index in [9.17, 15) is 14.0 Å². The fraction of sp³-hybridized carbons (Fsp3) is 0.500. The number of hydrogen-bond donors (Lipinski definition) is 2. The minimum Gasteiger partial charge on any atom is -0.352 e. The molecule has 0 saturated carbocycles. The van der Waals surface area contributed by atoms with Crippen LogP contribution in [0, 0.1) is 17.7 Å². The standard InChI is InChI=1S/C20H26FN3O2/c1-13(2)12-24-7-5-14(6-8-24)11-22-19(25)17-9-15-3-4-16(21)10-18(15)23-20(17)26/h3-4,9-10,13-14H,5-8,11-12H2,1-2H3,(H,22,25)(H,23,26). The molecule has 0 spiro atoms. The fourth-order valence-corrected chi connectivity index (χ4v) is 3.56. The van der Waals surface area contributed by atoms with Crippen LogP contribution >= 0.6 is 0 Å². The summed E-state index contributed by atoms with van der Waals surface area (Å²) in [6, 6.07) is 5.65. The molecule has 2 heterocycles. The van der Waals surface area contributed by atoms with E-state index in [1.165, 1.54) is 18.2 Å². The normalized spacial score (nSPS) is 16.3. The molecule has 1 saturated heterocycles. The number of pyridine rings is 1. The molecular weight excluding hydrogens is 333 g/mol. The van der Waals surface area contributed by atoms with E-state index < -0.39 is 11.4 Å². The number of carbonyl (C=O) groups excluding carboxylic acids is 1. The number of benzene rings is 1. The van der Waals surface area contributed by atoms with Crippen LogP contribution in [0.3, 0.4) is 0 Å². The predicted octanol–water partition coefficient (Wildman–Crippen LogP) is 2.77. The van der Waals surface area contributed by atoms with Crippen LogP contribution in [0.5, 0.6) is 0 Å². The molecule has 2 N–H and O–H groups in total. The van der Waals surface area contributed by atoms with Crippen molar-refractivity contribution in [3.63, 3.8) is 0 Å². The first-order chi connectivity index (χ1) is 12.4. The smallest absolute Gasteiger partial charge is 0.261 e. The van der Waals surface area contributed by atoms with E-state index in [1.807, 2.05) is 0 Å². The highest BCUT2D eigenvalue weighted by atomic mass is 19.1. The van der Waals surface area contributed by atoms with Gasteiger partial charge in [0, 0.05) is 13.1 Å². The number of hydrogen-bond acceptors (Lipinski definition) is 3. The van der Waals surface area contributed by atoms with Crippen LogP contribution in [0.1, 0.15) is 37.0 Å². The van der Waals surface area contributed by atoms with Gasteiger partial charge in [0.2, 0.25) is 0 Å². The third kappa shape index (κ3) is 4.49. The highest BCUT2D eigenvalue weighted by Crippen LogP contribution is 2.18. The molecule has 6 heteroatoms. The molecular formula is C20H26FN3O2. The van der Waals surface area contributed by atoms with Gasteiger partial charge in [-0.05, 0) is 67.4 Å². The molecule has 0 bridgehead atoms. The van der Waals surface area contributed by atoms with E-state index in [0.29, 0.717) is 29.3 Å². The quantitative estimate of drug-likeness (QED) is 0.863. The fourth-order valence-electron chi connectivity index (χ4n) is 3.56. The van der Waals surface area contributed by atoms with Crippen molar-refractivity contribution in [2.75, 3.05) is 26.2 Å². The number of fused-ring (bicyclic) bond motifs is 1. The Hall–Kier alpha value is -2.21. The van der Waals surface area contributed by atoms with Gasteiger partial charge in [0.25, 0.3) is 11.5 Å². The van der Waals surface area contributed by atoms with Gasteiger partial charge in [-0.2, -0.15) is 0 Å². The minimum absolute atomic E-state index is 0.0707. The second-order valence-electron chi connectivity index (χ2n) is 7.59. The van der Waals surface area contributed by atoms with Gasteiger partial charge in [0.1, 0.15) is 11.4 Å². The Bertz CT molecular complexity index is 839. The number of halogens is 1. The Morgan fingerprint density at radius 2 is 2.04 bits per heavy atom. The van der Waals surface area contributed by atoms with Crippen molar-refractivity contribution < 1.29 is 9.18 Å². The molecule has 1 aromatic carbocycles. The average molecular weight is 359 g/mol. The maximum Gasteiger partial charge on any atom is 0.261 e. The maximum atomic E-state index is 13.2. The monoisotopic (exact) mass is 359 g/mol. The number of aromatic amines is 1. The molecule has 1 aliphatic rings. The molecule has 0 aliphatic carbocycles. The van der Waals surface area contributed by atoms with Gasteiger partial charge in [0.15, 0.2) is 0 Å². The summed E-state index contributed by atoms with van der Waals surface area (Å²) in [6.45, 7) is 8.26. The van der Waals surface area contributed by atoms with Crippen LogP contribution in [0.4, 0.5) is 4.39 Å². The number of rotatable bonds is 5. The van der Waals surface area contributed by atoms with Gasteiger partial charge in [-0.25, -0.2) is 4.39 Å². The Balaban J connectivity index is 1.59. The van der Waals surface area contributed by atoms with Gasteiger partial charge in [-0.1, -0.05) is 13.8 Å². The van der Waals surface area contributed by atoms with Gasteiger partial charge in [-0.3, -0.25) is 9.59 Å². The van der Waals surface area contributed by atoms with Crippen molar-refractivity contribution in [3.05, 3.63) is 46.0 Å². The number of H-pyrrole nitrogens is 1. The predicted molar refractivity (Wildman–Crippen MR) is 101 cm³/mol. The average Bonchev–Trinajstić information content (AvgIpc) is 2.59. The van der Waals surface area contributed by atoms with Crippen LogP contribution in [0.2, 0.25) is 0 Å². The summed E-state index contributed by atoms with van der Waals surface area (Å²) < 4.78 is 13.2. The molecule has 3 rings (SSSR count).